The van der Waals surface area contributed by atoms with Gasteiger partial charge in [0.1, 0.15) is 0 Å². The summed E-state index contributed by atoms with van der Waals surface area (Å²) in [5.41, 5.74) is 3.00. The first-order chi connectivity index (χ1) is 15.3. The maximum atomic E-state index is 12.5. The minimum absolute atomic E-state index is 0.0974. The van der Waals surface area contributed by atoms with Gasteiger partial charge in [-0.05, 0) is 42.8 Å². The second kappa shape index (κ2) is 9.02. The minimum Gasteiger partial charge on any atom is -0.391 e. The minimum atomic E-state index is -3.64. The molecule has 1 atom stereocenters. The number of benzene rings is 3. The number of carbonyl (C=O) groups excluding carboxylic acids is 1. The van der Waals surface area contributed by atoms with E-state index in [9.17, 15) is 18.3 Å². The van der Waals surface area contributed by atoms with Gasteiger partial charge in [0.25, 0.3) is 0 Å². The molecule has 0 spiro atoms. The van der Waals surface area contributed by atoms with Crippen LogP contribution in [-0.2, 0) is 21.4 Å². The Balaban J connectivity index is 1.42. The van der Waals surface area contributed by atoms with Crippen LogP contribution in [0.5, 0.6) is 0 Å². The average Bonchev–Trinajstić information content (AvgIpc) is 3.07. The van der Waals surface area contributed by atoms with Crippen LogP contribution in [0.15, 0.2) is 72.8 Å². The number of amides is 1. The van der Waals surface area contributed by atoms with Crippen LogP contribution in [0.2, 0.25) is 0 Å². The van der Waals surface area contributed by atoms with Crippen LogP contribution in [0.3, 0.4) is 0 Å². The first kappa shape index (κ1) is 21.9. The topological polar surface area (TPSA) is 100 Å². The number of hydrogen-bond acceptors (Lipinski definition) is 4. The summed E-state index contributed by atoms with van der Waals surface area (Å²) in [4.78, 5) is 11.1. The van der Waals surface area contributed by atoms with Gasteiger partial charge >= 0.3 is 0 Å². The van der Waals surface area contributed by atoms with E-state index in [2.05, 4.69) is 10.0 Å². The van der Waals surface area contributed by atoms with Gasteiger partial charge in [-0.2, -0.15) is 0 Å². The predicted octanol–water partition coefficient (Wildman–Crippen LogP) is 3.95. The van der Waals surface area contributed by atoms with Gasteiger partial charge in [-0.1, -0.05) is 36.4 Å². The van der Waals surface area contributed by atoms with E-state index in [0.29, 0.717) is 17.9 Å². The Bertz CT molecular complexity index is 1310. The van der Waals surface area contributed by atoms with Crippen LogP contribution in [0, 0.1) is 0 Å². The summed E-state index contributed by atoms with van der Waals surface area (Å²) in [6.45, 7) is 1.70. The highest BCUT2D eigenvalue weighted by Crippen LogP contribution is 2.29. The van der Waals surface area contributed by atoms with E-state index in [0.717, 1.165) is 21.8 Å². The molecule has 0 fully saturated rings. The number of hydrogen-bond donors (Lipinski definition) is 3. The third kappa shape index (κ3) is 4.92. The molecule has 0 bridgehead atoms. The molecule has 1 amide bonds. The predicted molar refractivity (Wildman–Crippen MR) is 128 cm³/mol. The first-order valence-corrected chi connectivity index (χ1v) is 12.0. The number of aromatic nitrogens is 1. The van der Waals surface area contributed by atoms with Crippen molar-refractivity contribution in [1.82, 2.24) is 4.57 Å². The number of para-hydroxylation sites is 2. The summed E-state index contributed by atoms with van der Waals surface area (Å²) in [5.74, 6) is -0.408. The number of sulfonamides is 1. The van der Waals surface area contributed by atoms with E-state index in [4.69, 9.17) is 0 Å². The quantitative estimate of drug-likeness (QED) is 0.378. The molecule has 8 heteroatoms. The second-order valence-corrected chi connectivity index (χ2v) is 9.61. The summed E-state index contributed by atoms with van der Waals surface area (Å²) in [6.07, 6.45) is -0.729. The molecule has 0 aliphatic heterocycles. The largest absolute Gasteiger partial charge is 0.391 e. The van der Waals surface area contributed by atoms with Crippen LogP contribution in [0.1, 0.15) is 13.3 Å². The zero-order chi connectivity index (χ0) is 22.7. The lowest BCUT2D eigenvalue weighted by Gasteiger charge is -2.15. The van der Waals surface area contributed by atoms with Gasteiger partial charge in [-0.25, -0.2) is 8.42 Å². The van der Waals surface area contributed by atoms with E-state index in [-0.39, 0.29) is 18.1 Å². The van der Waals surface area contributed by atoms with Gasteiger partial charge in [0.2, 0.25) is 15.9 Å². The Morgan fingerprint density at radius 3 is 2.00 bits per heavy atom. The van der Waals surface area contributed by atoms with E-state index in [1.807, 2.05) is 53.1 Å². The number of nitrogens with zero attached hydrogens (tertiary/aromatic N) is 1. The van der Waals surface area contributed by atoms with Crippen molar-refractivity contribution >= 4 is 49.1 Å². The molecule has 1 unspecified atom stereocenters. The van der Waals surface area contributed by atoms with Crippen LogP contribution < -0.4 is 10.0 Å². The van der Waals surface area contributed by atoms with Crippen molar-refractivity contribution in [2.24, 2.45) is 0 Å². The third-order valence-corrected chi connectivity index (χ3v) is 6.59. The Morgan fingerprint density at radius 2 is 1.44 bits per heavy atom. The SMILES string of the molecule is CC(=O)Nc1ccc(NS(=O)(=O)CCC(O)Cn2c3ccccc3c3ccccc32)cc1. The zero-order valence-electron chi connectivity index (χ0n) is 17.7. The normalized spacial score (nSPS) is 12.7. The molecule has 3 N–H and O–H groups in total. The number of fused-ring (bicyclic) bond motifs is 3. The Morgan fingerprint density at radius 1 is 0.906 bits per heavy atom. The third-order valence-electron chi connectivity index (χ3n) is 5.27. The van der Waals surface area contributed by atoms with Crippen molar-refractivity contribution in [2.75, 3.05) is 15.8 Å². The van der Waals surface area contributed by atoms with Crippen molar-refractivity contribution < 1.29 is 18.3 Å². The molecule has 3 aromatic carbocycles. The average molecular weight is 452 g/mol. The molecular formula is C24H25N3O4S. The van der Waals surface area contributed by atoms with Crippen molar-refractivity contribution in [3.05, 3.63) is 72.8 Å². The number of anilines is 2. The summed E-state index contributed by atoms with van der Waals surface area (Å²) < 4.78 is 29.5. The van der Waals surface area contributed by atoms with Gasteiger partial charge in [0.05, 0.1) is 11.9 Å². The Hall–Kier alpha value is -3.36. The molecule has 4 rings (SSSR count). The molecule has 4 aromatic rings. The molecule has 166 valence electrons. The number of carbonyl (C=O) groups is 1. The van der Waals surface area contributed by atoms with Gasteiger partial charge in [0, 0.05) is 46.6 Å². The van der Waals surface area contributed by atoms with Crippen LogP contribution in [0.4, 0.5) is 11.4 Å². The molecule has 0 saturated heterocycles. The van der Waals surface area contributed by atoms with E-state index < -0.39 is 16.1 Å². The zero-order valence-corrected chi connectivity index (χ0v) is 18.5. The van der Waals surface area contributed by atoms with Gasteiger partial charge in [-0.3, -0.25) is 9.52 Å². The fraction of sp³-hybridized carbons (Fsp3) is 0.208. The lowest BCUT2D eigenvalue weighted by Crippen LogP contribution is -2.23. The fourth-order valence-electron chi connectivity index (χ4n) is 3.85. The van der Waals surface area contributed by atoms with Crippen LogP contribution in [0.25, 0.3) is 21.8 Å². The number of nitrogens with one attached hydrogen (secondary N) is 2. The molecule has 0 saturated carbocycles. The molecule has 0 aliphatic carbocycles. The molecule has 32 heavy (non-hydrogen) atoms. The first-order valence-electron chi connectivity index (χ1n) is 10.3. The summed E-state index contributed by atoms with van der Waals surface area (Å²) >= 11 is 0. The van der Waals surface area contributed by atoms with E-state index in [1.165, 1.54) is 6.92 Å². The number of rotatable bonds is 8. The molecule has 1 aromatic heterocycles. The molecule has 7 nitrogen and oxygen atoms in total. The maximum absolute atomic E-state index is 12.5. The van der Waals surface area contributed by atoms with Crippen LogP contribution >= 0.6 is 0 Å². The Labute approximate surface area is 186 Å². The molecule has 0 aliphatic rings. The highest BCUT2D eigenvalue weighted by atomic mass is 32.2. The summed E-state index contributed by atoms with van der Waals surface area (Å²) in [6, 6.07) is 22.4. The number of aliphatic hydroxyl groups is 1. The molecule has 1 heterocycles. The monoisotopic (exact) mass is 451 g/mol. The molecular weight excluding hydrogens is 426 g/mol. The van der Waals surface area contributed by atoms with Gasteiger partial charge in [0.15, 0.2) is 0 Å². The van der Waals surface area contributed by atoms with E-state index >= 15 is 0 Å². The standard InChI is InChI=1S/C24H25N3O4S/c1-17(28)25-18-10-12-19(13-11-18)26-32(30,31)15-14-20(29)16-27-23-8-4-2-6-21(23)22-7-3-5-9-24(22)27/h2-13,20,26,29H,14-16H2,1H3,(H,25,28). The van der Waals surface area contributed by atoms with Crippen LogP contribution in [-0.4, -0.2) is 35.9 Å². The maximum Gasteiger partial charge on any atom is 0.232 e. The fourth-order valence-corrected chi connectivity index (χ4v) is 5.03. The van der Waals surface area contributed by atoms with Gasteiger partial charge in [-0.15, -0.1) is 0 Å². The number of aliphatic hydroxyl groups excluding tert-OH is 1. The van der Waals surface area contributed by atoms with Crippen molar-refractivity contribution in [1.29, 1.82) is 0 Å². The molecule has 0 radical (unpaired) electrons. The van der Waals surface area contributed by atoms with Crippen molar-refractivity contribution in [2.45, 2.75) is 26.0 Å². The van der Waals surface area contributed by atoms with E-state index in [1.54, 1.807) is 24.3 Å². The van der Waals surface area contributed by atoms with Crippen molar-refractivity contribution in [3.63, 3.8) is 0 Å². The lowest BCUT2D eigenvalue weighted by atomic mass is 10.2. The van der Waals surface area contributed by atoms with Gasteiger partial charge < -0.3 is 15.0 Å². The van der Waals surface area contributed by atoms with Crippen molar-refractivity contribution in [3.8, 4) is 0 Å². The second-order valence-electron chi connectivity index (χ2n) is 7.77. The highest BCUT2D eigenvalue weighted by Gasteiger charge is 2.17. The smallest absolute Gasteiger partial charge is 0.232 e. The highest BCUT2D eigenvalue weighted by molar-refractivity contribution is 7.92. The Kier molecular flexibility index (Phi) is 6.16. The summed E-state index contributed by atoms with van der Waals surface area (Å²) in [5, 5.41) is 15.5. The summed E-state index contributed by atoms with van der Waals surface area (Å²) in [7, 11) is -3.64. The lowest BCUT2D eigenvalue weighted by molar-refractivity contribution is -0.114.